The Kier molecular flexibility index (Phi) is 2.09. The average molecular weight is 167 g/mol. The van der Waals surface area contributed by atoms with E-state index in [1.54, 1.807) is 6.92 Å². The number of hydrogen-bond acceptors (Lipinski definition) is 3. The van der Waals surface area contributed by atoms with Gasteiger partial charge >= 0.3 is 0 Å². The van der Waals surface area contributed by atoms with Crippen molar-refractivity contribution < 1.29 is 4.79 Å². The van der Waals surface area contributed by atoms with Crippen molar-refractivity contribution in [3.8, 4) is 0 Å². The summed E-state index contributed by atoms with van der Waals surface area (Å²) < 4.78 is 0. The van der Waals surface area contributed by atoms with Crippen molar-refractivity contribution in [2.75, 3.05) is 0 Å². The van der Waals surface area contributed by atoms with Crippen LogP contribution >= 0.6 is 0 Å². The number of primary amides is 1. The van der Waals surface area contributed by atoms with Crippen molar-refractivity contribution in [2.24, 2.45) is 16.5 Å². The third-order valence-corrected chi connectivity index (χ3v) is 1.14. The number of nitrogens with zero attached hydrogens (tertiary/aromatic N) is 2. The normalized spacial score (nSPS) is 11.6. The fraction of sp³-hybridized carbons (Fsp3) is 0.167. The van der Waals surface area contributed by atoms with Crippen molar-refractivity contribution in [3.05, 3.63) is 12.0 Å². The van der Waals surface area contributed by atoms with Crippen LogP contribution in [0.3, 0.4) is 0 Å². The SMILES string of the molecule is C/C(N)=N\c1[nH]cnc1C(N)=O. The first kappa shape index (κ1) is 8.25. The zero-order valence-corrected chi connectivity index (χ0v) is 6.53. The fourth-order valence-electron chi connectivity index (χ4n) is 0.729. The summed E-state index contributed by atoms with van der Waals surface area (Å²) in [6.07, 6.45) is 1.34. The minimum Gasteiger partial charge on any atom is -0.387 e. The zero-order chi connectivity index (χ0) is 9.14. The minimum absolute atomic E-state index is 0.0970. The Morgan fingerprint density at radius 2 is 2.33 bits per heavy atom. The van der Waals surface area contributed by atoms with E-state index in [4.69, 9.17) is 11.5 Å². The lowest BCUT2D eigenvalue weighted by atomic mass is 10.4. The van der Waals surface area contributed by atoms with Crippen LogP contribution in [0.5, 0.6) is 0 Å². The molecular weight excluding hydrogens is 158 g/mol. The number of H-pyrrole nitrogens is 1. The standard InChI is InChI=1S/C6H9N5O/c1-3(7)11-6-4(5(8)12)9-2-10-6/h2H,1H3,(H2,7,11)(H2,8,12)(H,9,10). The van der Waals surface area contributed by atoms with Crippen LogP contribution in [0, 0.1) is 0 Å². The van der Waals surface area contributed by atoms with E-state index in [0.717, 1.165) is 0 Å². The van der Waals surface area contributed by atoms with Gasteiger partial charge in [-0.15, -0.1) is 0 Å². The summed E-state index contributed by atoms with van der Waals surface area (Å²) in [5, 5.41) is 0. The highest BCUT2D eigenvalue weighted by molar-refractivity contribution is 5.96. The molecule has 0 bridgehead atoms. The summed E-state index contributed by atoms with van der Waals surface area (Å²) in [5.41, 5.74) is 10.4. The molecule has 0 aliphatic rings. The molecule has 12 heavy (non-hydrogen) atoms. The van der Waals surface area contributed by atoms with Crippen molar-refractivity contribution in [2.45, 2.75) is 6.92 Å². The molecule has 0 atom stereocenters. The lowest BCUT2D eigenvalue weighted by molar-refractivity contribution is 0.0997. The van der Waals surface area contributed by atoms with Gasteiger partial charge in [0.2, 0.25) is 0 Å². The van der Waals surface area contributed by atoms with Crippen LogP contribution < -0.4 is 11.5 Å². The first-order valence-corrected chi connectivity index (χ1v) is 3.25. The summed E-state index contributed by atoms with van der Waals surface area (Å²) >= 11 is 0. The van der Waals surface area contributed by atoms with E-state index in [2.05, 4.69) is 15.0 Å². The van der Waals surface area contributed by atoms with E-state index in [1.807, 2.05) is 0 Å². The maximum absolute atomic E-state index is 10.7. The lowest BCUT2D eigenvalue weighted by Gasteiger charge is -1.92. The number of carbonyl (C=O) groups excluding carboxylic acids is 1. The molecule has 1 rings (SSSR count). The minimum atomic E-state index is -0.628. The van der Waals surface area contributed by atoms with Crippen LogP contribution in [0.15, 0.2) is 11.3 Å². The van der Waals surface area contributed by atoms with E-state index in [9.17, 15) is 4.79 Å². The molecule has 0 fully saturated rings. The number of carbonyl (C=O) groups is 1. The molecule has 1 amide bonds. The Morgan fingerprint density at radius 1 is 1.67 bits per heavy atom. The van der Waals surface area contributed by atoms with Gasteiger partial charge in [0.25, 0.3) is 5.91 Å². The molecule has 1 aromatic heterocycles. The predicted octanol–water partition coefficient (Wildman–Crippen LogP) is -0.483. The molecule has 0 radical (unpaired) electrons. The summed E-state index contributed by atoms with van der Waals surface area (Å²) in [6, 6.07) is 0. The zero-order valence-electron chi connectivity index (χ0n) is 6.53. The van der Waals surface area contributed by atoms with Crippen LogP contribution in [-0.2, 0) is 0 Å². The quantitative estimate of drug-likeness (QED) is 0.408. The van der Waals surface area contributed by atoms with E-state index in [0.29, 0.717) is 11.7 Å². The highest BCUT2D eigenvalue weighted by Gasteiger charge is 2.09. The fourth-order valence-corrected chi connectivity index (χ4v) is 0.729. The molecular formula is C6H9N5O. The average Bonchev–Trinajstić information content (AvgIpc) is 2.33. The third kappa shape index (κ3) is 1.60. The number of nitrogens with one attached hydrogen (secondary N) is 1. The van der Waals surface area contributed by atoms with Gasteiger partial charge < -0.3 is 16.5 Å². The first-order valence-electron chi connectivity index (χ1n) is 3.25. The van der Waals surface area contributed by atoms with Crippen molar-refractivity contribution in [1.29, 1.82) is 0 Å². The van der Waals surface area contributed by atoms with Crippen molar-refractivity contribution in [3.63, 3.8) is 0 Å². The van der Waals surface area contributed by atoms with Crippen LogP contribution in [0.25, 0.3) is 0 Å². The number of nitrogens with two attached hydrogens (primary N) is 2. The number of hydrogen-bond donors (Lipinski definition) is 3. The second kappa shape index (κ2) is 3.04. The van der Waals surface area contributed by atoms with Gasteiger partial charge in [-0.1, -0.05) is 0 Å². The molecule has 0 unspecified atom stereocenters. The van der Waals surface area contributed by atoms with Crippen LogP contribution in [0.4, 0.5) is 5.82 Å². The van der Waals surface area contributed by atoms with E-state index >= 15 is 0 Å². The Hall–Kier alpha value is -1.85. The molecule has 1 heterocycles. The highest BCUT2D eigenvalue weighted by Crippen LogP contribution is 2.11. The smallest absolute Gasteiger partial charge is 0.271 e. The third-order valence-electron chi connectivity index (χ3n) is 1.14. The Labute approximate surface area is 68.7 Å². The van der Waals surface area contributed by atoms with Gasteiger partial charge in [0, 0.05) is 0 Å². The van der Waals surface area contributed by atoms with Crippen LogP contribution in [-0.4, -0.2) is 21.7 Å². The van der Waals surface area contributed by atoms with Gasteiger partial charge in [-0.25, -0.2) is 9.98 Å². The number of amidine groups is 1. The monoisotopic (exact) mass is 167 g/mol. The van der Waals surface area contributed by atoms with Gasteiger partial charge in [-0.3, -0.25) is 4.79 Å². The van der Waals surface area contributed by atoms with Crippen LogP contribution in [0.1, 0.15) is 17.4 Å². The predicted molar refractivity (Wildman–Crippen MR) is 44.1 cm³/mol. The number of aromatic amines is 1. The molecule has 6 heteroatoms. The van der Waals surface area contributed by atoms with E-state index in [-0.39, 0.29) is 5.69 Å². The molecule has 6 nitrogen and oxygen atoms in total. The molecule has 0 aliphatic heterocycles. The van der Waals surface area contributed by atoms with Gasteiger partial charge in [0.05, 0.1) is 12.2 Å². The van der Waals surface area contributed by atoms with Gasteiger partial charge in [0.1, 0.15) is 0 Å². The molecule has 1 aromatic rings. The largest absolute Gasteiger partial charge is 0.387 e. The second-order valence-corrected chi connectivity index (χ2v) is 2.22. The number of aliphatic imine (C=N–C) groups is 1. The molecule has 5 N–H and O–H groups in total. The van der Waals surface area contributed by atoms with E-state index < -0.39 is 5.91 Å². The Balaban J connectivity index is 3.08. The second-order valence-electron chi connectivity index (χ2n) is 2.22. The number of amides is 1. The maximum Gasteiger partial charge on any atom is 0.271 e. The Morgan fingerprint density at radius 3 is 2.83 bits per heavy atom. The first-order chi connectivity index (χ1) is 5.61. The van der Waals surface area contributed by atoms with E-state index in [1.165, 1.54) is 6.33 Å². The Bertz CT molecular complexity index is 322. The van der Waals surface area contributed by atoms with Gasteiger partial charge in [-0.05, 0) is 6.92 Å². The topological polar surface area (TPSA) is 110 Å². The number of rotatable bonds is 2. The number of aromatic nitrogens is 2. The molecule has 0 saturated carbocycles. The lowest BCUT2D eigenvalue weighted by Crippen LogP contribution is -2.12. The van der Waals surface area contributed by atoms with Crippen molar-refractivity contribution in [1.82, 2.24) is 9.97 Å². The van der Waals surface area contributed by atoms with Crippen molar-refractivity contribution >= 4 is 17.6 Å². The summed E-state index contributed by atoms with van der Waals surface area (Å²) in [6.45, 7) is 1.60. The molecule has 0 saturated heterocycles. The van der Waals surface area contributed by atoms with Gasteiger partial charge in [-0.2, -0.15) is 0 Å². The maximum atomic E-state index is 10.7. The summed E-state index contributed by atoms with van der Waals surface area (Å²) in [5.74, 6) is 0.000463. The molecule has 0 aromatic carbocycles. The highest BCUT2D eigenvalue weighted by atomic mass is 16.1. The number of imidazole rings is 1. The van der Waals surface area contributed by atoms with Gasteiger partial charge in [0.15, 0.2) is 11.5 Å². The summed E-state index contributed by atoms with van der Waals surface area (Å²) in [4.78, 5) is 20.8. The molecule has 0 spiro atoms. The van der Waals surface area contributed by atoms with Crippen LogP contribution in [0.2, 0.25) is 0 Å². The summed E-state index contributed by atoms with van der Waals surface area (Å²) in [7, 11) is 0. The molecule has 64 valence electrons. The molecule has 0 aliphatic carbocycles.